The smallest absolute Gasteiger partial charge is 0.191 e. The van der Waals surface area contributed by atoms with Gasteiger partial charge in [0.25, 0.3) is 0 Å². The number of guanidine groups is 1. The molecule has 2 fully saturated rings. The van der Waals surface area contributed by atoms with Gasteiger partial charge in [-0.1, -0.05) is 29.3 Å². The van der Waals surface area contributed by atoms with Crippen molar-refractivity contribution >= 4 is 29.2 Å². The fourth-order valence-corrected chi connectivity index (χ4v) is 4.16. The molecule has 0 saturated carbocycles. The molecule has 1 atom stereocenters. The summed E-state index contributed by atoms with van der Waals surface area (Å²) in [5, 5.41) is 1.32. The number of hydrogen-bond donors (Lipinski definition) is 1. The average Bonchev–Trinajstić information content (AvgIpc) is 2.60. The molecule has 0 amide bonds. The minimum absolute atomic E-state index is 0.164. The van der Waals surface area contributed by atoms with Crippen LogP contribution in [0.25, 0.3) is 0 Å². The zero-order valence-corrected chi connectivity index (χ0v) is 16.0. The first-order chi connectivity index (χ1) is 12.0. The standard InChI is InChI=1S/C18H25Cl2N3O2/c1-13-11-23(6-9-25-13)17(21)22-12-18(4-7-24-8-5-18)15-3-2-14(19)10-16(15)20/h2-3,10,13H,4-9,11-12H2,1H3,(H2,21,22). The van der Waals surface area contributed by atoms with Crippen LogP contribution in [0.5, 0.6) is 0 Å². The van der Waals surface area contributed by atoms with Crippen molar-refractivity contribution in [3.05, 3.63) is 33.8 Å². The number of aliphatic imine (C=N–C) groups is 1. The van der Waals surface area contributed by atoms with E-state index < -0.39 is 0 Å². The van der Waals surface area contributed by atoms with Crippen LogP contribution in [-0.2, 0) is 14.9 Å². The Labute approximate surface area is 159 Å². The Hall–Kier alpha value is -1.01. The molecule has 1 aromatic rings. The molecule has 0 aromatic heterocycles. The van der Waals surface area contributed by atoms with Gasteiger partial charge in [0.05, 0.1) is 19.3 Å². The third kappa shape index (κ3) is 4.40. The first-order valence-electron chi connectivity index (χ1n) is 8.70. The van der Waals surface area contributed by atoms with Crippen molar-refractivity contribution in [1.82, 2.24) is 4.90 Å². The van der Waals surface area contributed by atoms with E-state index in [-0.39, 0.29) is 11.5 Å². The number of hydrogen-bond acceptors (Lipinski definition) is 3. The first-order valence-corrected chi connectivity index (χ1v) is 9.45. The van der Waals surface area contributed by atoms with Gasteiger partial charge in [0, 0.05) is 41.8 Å². The minimum atomic E-state index is -0.164. The number of benzene rings is 1. The van der Waals surface area contributed by atoms with Gasteiger partial charge in [-0.25, -0.2) is 0 Å². The average molecular weight is 386 g/mol. The van der Waals surface area contributed by atoms with Crippen molar-refractivity contribution in [2.45, 2.75) is 31.3 Å². The summed E-state index contributed by atoms with van der Waals surface area (Å²) >= 11 is 12.6. The SMILES string of the molecule is CC1CN(C(N)=NCC2(c3ccc(Cl)cc3Cl)CCOCC2)CCO1. The van der Waals surface area contributed by atoms with Crippen LogP contribution in [0.1, 0.15) is 25.3 Å². The molecule has 0 radical (unpaired) electrons. The number of nitrogens with two attached hydrogens (primary N) is 1. The van der Waals surface area contributed by atoms with Gasteiger partial charge in [0.15, 0.2) is 5.96 Å². The van der Waals surface area contributed by atoms with Gasteiger partial charge in [0.2, 0.25) is 0 Å². The number of rotatable bonds is 3. The maximum Gasteiger partial charge on any atom is 0.191 e. The summed E-state index contributed by atoms with van der Waals surface area (Å²) in [6, 6.07) is 5.70. The predicted octanol–water partition coefficient (Wildman–Crippen LogP) is 3.08. The summed E-state index contributed by atoms with van der Waals surface area (Å²) in [5.74, 6) is 0.575. The number of morpholine rings is 1. The molecule has 5 nitrogen and oxygen atoms in total. The van der Waals surface area contributed by atoms with Crippen molar-refractivity contribution in [3.63, 3.8) is 0 Å². The van der Waals surface area contributed by atoms with E-state index in [0.717, 1.165) is 31.5 Å². The van der Waals surface area contributed by atoms with Gasteiger partial charge in [-0.05, 0) is 37.5 Å². The van der Waals surface area contributed by atoms with Crippen LogP contribution in [0, 0.1) is 0 Å². The largest absolute Gasteiger partial charge is 0.381 e. The second-order valence-electron chi connectivity index (χ2n) is 6.82. The Bertz CT molecular complexity index is 633. The second-order valence-corrected chi connectivity index (χ2v) is 7.66. The van der Waals surface area contributed by atoms with E-state index in [1.54, 1.807) is 6.07 Å². The molecule has 1 unspecified atom stereocenters. The molecule has 3 rings (SSSR count). The van der Waals surface area contributed by atoms with Gasteiger partial charge in [-0.15, -0.1) is 0 Å². The summed E-state index contributed by atoms with van der Waals surface area (Å²) in [5.41, 5.74) is 7.18. The molecule has 25 heavy (non-hydrogen) atoms. The van der Waals surface area contributed by atoms with Gasteiger partial charge in [-0.3, -0.25) is 4.99 Å². The highest BCUT2D eigenvalue weighted by atomic mass is 35.5. The molecule has 1 aromatic carbocycles. The van der Waals surface area contributed by atoms with E-state index >= 15 is 0 Å². The fourth-order valence-electron chi connectivity index (χ4n) is 3.55. The van der Waals surface area contributed by atoms with E-state index in [4.69, 9.17) is 43.4 Å². The number of halogens is 2. The van der Waals surface area contributed by atoms with Gasteiger partial charge in [-0.2, -0.15) is 0 Å². The lowest BCUT2D eigenvalue weighted by Crippen LogP contribution is -2.48. The molecule has 2 N–H and O–H groups in total. The molecule has 2 saturated heterocycles. The Morgan fingerprint density at radius 1 is 1.32 bits per heavy atom. The quantitative estimate of drug-likeness (QED) is 0.641. The Morgan fingerprint density at radius 3 is 2.76 bits per heavy atom. The highest BCUT2D eigenvalue weighted by molar-refractivity contribution is 6.35. The fraction of sp³-hybridized carbons (Fsp3) is 0.611. The number of ether oxygens (including phenoxy) is 2. The molecule has 2 heterocycles. The van der Waals surface area contributed by atoms with Crippen LogP contribution in [0.2, 0.25) is 10.0 Å². The first kappa shape index (κ1) is 18.8. The molecule has 0 spiro atoms. The number of nitrogens with zero attached hydrogens (tertiary/aromatic N) is 2. The van der Waals surface area contributed by atoms with Gasteiger partial charge in [0.1, 0.15) is 0 Å². The van der Waals surface area contributed by atoms with Gasteiger partial charge >= 0.3 is 0 Å². The maximum atomic E-state index is 6.50. The van der Waals surface area contributed by atoms with Crippen molar-refractivity contribution in [3.8, 4) is 0 Å². The lowest BCUT2D eigenvalue weighted by Gasteiger charge is -2.38. The summed E-state index contributed by atoms with van der Waals surface area (Å²) in [6.45, 7) is 6.26. The zero-order valence-electron chi connectivity index (χ0n) is 14.5. The van der Waals surface area contributed by atoms with Crippen LogP contribution in [0.4, 0.5) is 0 Å². The van der Waals surface area contributed by atoms with Crippen LogP contribution in [-0.4, -0.2) is 56.4 Å². The third-order valence-electron chi connectivity index (χ3n) is 5.06. The Morgan fingerprint density at radius 2 is 2.08 bits per heavy atom. The second kappa shape index (κ2) is 8.12. The summed E-state index contributed by atoms with van der Waals surface area (Å²) in [4.78, 5) is 6.82. The molecular weight excluding hydrogens is 361 g/mol. The highest BCUT2D eigenvalue weighted by Crippen LogP contribution is 2.40. The predicted molar refractivity (Wildman–Crippen MR) is 102 cm³/mol. The van der Waals surface area contributed by atoms with Crippen LogP contribution >= 0.6 is 23.2 Å². The van der Waals surface area contributed by atoms with E-state index in [1.165, 1.54) is 0 Å². The van der Waals surface area contributed by atoms with E-state index in [0.29, 0.717) is 42.4 Å². The lowest BCUT2D eigenvalue weighted by atomic mass is 9.74. The highest BCUT2D eigenvalue weighted by Gasteiger charge is 2.36. The molecule has 0 bridgehead atoms. The van der Waals surface area contributed by atoms with E-state index in [2.05, 4.69) is 4.90 Å². The maximum absolute atomic E-state index is 6.50. The van der Waals surface area contributed by atoms with Crippen LogP contribution in [0.3, 0.4) is 0 Å². The molecule has 2 aliphatic heterocycles. The lowest BCUT2D eigenvalue weighted by molar-refractivity contribution is 0.00515. The van der Waals surface area contributed by atoms with Crippen molar-refractivity contribution in [2.75, 3.05) is 39.5 Å². The zero-order chi connectivity index (χ0) is 17.9. The Balaban J connectivity index is 1.82. The van der Waals surface area contributed by atoms with Crippen molar-refractivity contribution in [2.24, 2.45) is 10.7 Å². The van der Waals surface area contributed by atoms with E-state index in [1.807, 2.05) is 19.1 Å². The topological polar surface area (TPSA) is 60.1 Å². The Kier molecular flexibility index (Phi) is 6.10. The van der Waals surface area contributed by atoms with Crippen molar-refractivity contribution < 1.29 is 9.47 Å². The molecule has 2 aliphatic rings. The van der Waals surface area contributed by atoms with Crippen LogP contribution < -0.4 is 5.73 Å². The van der Waals surface area contributed by atoms with Gasteiger partial charge < -0.3 is 20.1 Å². The van der Waals surface area contributed by atoms with Crippen molar-refractivity contribution in [1.29, 1.82) is 0 Å². The molecule has 0 aliphatic carbocycles. The summed E-state index contributed by atoms with van der Waals surface area (Å²) in [7, 11) is 0. The summed E-state index contributed by atoms with van der Waals surface area (Å²) in [6.07, 6.45) is 1.90. The van der Waals surface area contributed by atoms with Crippen LogP contribution in [0.15, 0.2) is 23.2 Å². The molecule has 7 heteroatoms. The summed E-state index contributed by atoms with van der Waals surface area (Å²) < 4.78 is 11.1. The monoisotopic (exact) mass is 385 g/mol. The minimum Gasteiger partial charge on any atom is -0.381 e. The normalized spacial score (nSPS) is 24.4. The van der Waals surface area contributed by atoms with E-state index in [9.17, 15) is 0 Å². The molecular formula is C18H25Cl2N3O2. The molecule has 138 valence electrons. The third-order valence-corrected chi connectivity index (χ3v) is 5.61.